The summed E-state index contributed by atoms with van der Waals surface area (Å²) in [4.78, 5) is 16.2. The number of carbonyl (C=O) groups excluding carboxylic acids is 1. The lowest BCUT2D eigenvalue weighted by molar-refractivity contribution is 0.0594. The van der Waals surface area contributed by atoms with Crippen molar-refractivity contribution in [2.75, 3.05) is 12.8 Å². The molecule has 2 fully saturated rings. The quantitative estimate of drug-likeness (QED) is 0.850. The predicted molar refractivity (Wildman–Crippen MR) is 81.0 cm³/mol. The van der Waals surface area contributed by atoms with E-state index in [1.54, 1.807) is 0 Å². The second-order valence-electron chi connectivity index (χ2n) is 7.57. The molecule has 3 rings (SSSR count). The van der Waals surface area contributed by atoms with Crippen LogP contribution in [0.2, 0.25) is 0 Å². The molecular formula is C16H25N3O2. The summed E-state index contributed by atoms with van der Waals surface area (Å²) in [6.45, 7) is 8.92. The summed E-state index contributed by atoms with van der Waals surface area (Å²) in [5.74, 6) is 1.52. The van der Waals surface area contributed by atoms with Crippen molar-refractivity contribution >= 4 is 11.8 Å². The summed E-state index contributed by atoms with van der Waals surface area (Å²) in [5.41, 5.74) is 6.92. The monoisotopic (exact) mass is 291 g/mol. The second-order valence-corrected chi connectivity index (χ2v) is 7.57. The zero-order chi connectivity index (χ0) is 15.6. The van der Waals surface area contributed by atoms with E-state index in [1.165, 1.54) is 26.4 Å². The summed E-state index contributed by atoms with van der Waals surface area (Å²) in [6, 6.07) is 0.287. The van der Waals surface area contributed by atoms with E-state index in [0.29, 0.717) is 5.82 Å². The minimum absolute atomic E-state index is 0.167. The molecule has 0 amide bonds. The van der Waals surface area contributed by atoms with E-state index in [0.717, 1.165) is 11.7 Å². The van der Waals surface area contributed by atoms with Crippen LogP contribution < -0.4 is 5.73 Å². The fourth-order valence-electron chi connectivity index (χ4n) is 5.05. The number of nitrogens with two attached hydrogens (primary N) is 1. The van der Waals surface area contributed by atoms with Gasteiger partial charge in [0.2, 0.25) is 0 Å². The standard InChI is InChI=1S/C16H25N3O2/c1-9-18-11(13(20)21-5)12(17)19(9)14-15(2,3)10-6-7-16(14,4)8-10/h10,14H,6-8,17H2,1-5H3. The molecule has 3 unspecified atom stereocenters. The van der Waals surface area contributed by atoms with Crippen LogP contribution in [0.15, 0.2) is 0 Å². The van der Waals surface area contributed by atoms with E-state index in [1.807, 2.05) is 6.92 Å². The van der Waals surface area contributed by atoms with Crippen LogP contribution in [0.4, 0.5) is 5.82 Å². The van der Waals surface area contributed by atoms with E-state index < -0.39 is 5.97 Å². The Morgan fingerprint density at radius 3 is 2.62 bits per heavy atom. The third-order valence-corrected chi connectivity index (χ3v) is 5.96. The summed E-state index contributed by atoms with van der Waals surface area (Å²) >= 11 is 0. The van der Waals surface area contributed by atoms with Gasteiger partial charge in [0.05, 0.1) is 7.11 Å². The maximum atomic E-state index is 11.8. The maximum absolute atomic E-state index is 11.8. The van der Waals surface area contributed by atoms with Crippen LogP contribution in [-0.4, -0.2) is 22.6 Å². The molecule has 1 aromatic heterocycles. The molecule has 0 spiro atoms. The molecule has 2 bridgehead atoms. The number of imidazole rings is 1. The van der Waals surface area contributed by atoms with Crippen LogP contribution >= 0.6 is 0 Å². The lowest BCUT2D eigenvalue weighted by Gasteiger charge is -2.44. The van der Waals surface area contributed by atoms with Crippen molar-refractivity contribution in [1.82, 2.24) is 9.55 Å². The number of rotatable bonds is 2. The molecule has 5 heteroatoms. The molecule has 2 N–H and O–H groups in total. The van der Waals surface area contributed by atoms with Crippen LogP contribution in [-0.2, 0) is 4.74 Å². The molecule has 2 aliphatic rings. The molecular weight excluding hydrogens is 266 g/mol. The number of hydrogen-bond donors (Lipinski definition) is 1. The molecule has 0 radical (unpaired) electrons. The largest absolute Gasteiger partial charge is 0.464 e. The highest BCUT2D eigenvalue weighted by Gasteiger charge is 2.60. The first-order valence-electron chi connectivity index (χ1n) is 7.65. The van der Waals surface area contributed by atoms with Gasteiger partial charge in [-0.1, -0.05) is 20.8 Å². The lowest BCUT2D eigenvalue weighted by atomic mass is 9.68. The van der Waals surface area contributed by atoms with Gasteiger partial charge >= 0.3 is 5.97 Å². The molecule has 0 saturated heterocycles. The van der Waals surface area contributed by atoms with Crippen molar-refractivity contribution in [1.29, 1.82) is 0 Å². The van der Waals surface area contributed by atoms with Gasteiger partial charge in [0.25, 0.3) is 0 Å². The summed E-state index contributed by atoms with van der Waals surface area (Å²) in [5, 5.41) is 0. The number of anilines is 1. The fourth-order valence-corrected chi connectivity index (χ4v) is 5.05. The number of ether oxygens (including phenoxy) is 1. The van der Waals surface area contributed by atoms with Gasteiger partial charge in [-0.3, -0.25) is 0 Å². The second kappa shape index (κ2) is 4.24. The average molecular weight is 291 g/mol. The summed E-state index contributed by atoms with van der Waals surface area (Å²) < 4.78 is 6.88. The van der Waals surface area contributed by atoms with Crippen LogP contribution in [0, 0.1) is 23.7 Å². The molecule has 0 aromatic carbocycles. The van der Waals surface area contributed by atoms with Gasteiger partial charge < -0.3 is 15.0 Å². The third kappa shape index (κ3) is 1.75. The molecule has 5 nitrogen and oxygen atoms in total. The smallest absolute Gasteiger partial charge is 0.360 e. The Morgan fingerprint density at radius 2 is 2.10 bits per heavy atom. The number of aryl methyl sites for hydroxylation is 1. The van der Waals surface area contributed by atoms with Gasteiger partial charge in [-0.15, -0.1) is 0 Å². The Hall–Kier alpha value is -1.52. The fraction of sp³-hybridized carbons (Fsp3) is 0.750. The predicted octanol–water partition coefficient (Wildman–Crippen LogP) is 2.95. The first-order chi connectivity index (χ1) is 9.72. The zero-order valence-electron chi connectivity index (χ0n) is 13.6. The molecule has 1 heterocycles. The molecule has 0 aliphatic heterocycles. The average Bonchev–Trinajstić information content (AvgIpc) is 2.99. The Bertz CT molecular complexity index is 600. The van der Waals surface area contributed by atoms with Crippen LogP contribution in [0.1, 0.15) is 62.4 Å². The van der Waals surface area contributed by atoms with E-state index in [4.69, 9.17) is 10.5 Å². The Kier molecular flexibility index (Phi) is 2.91. The van der Waals surface area contributed by atoms with Crippen molar-refractivity contribution in [2.45, 2.75) is 53.0 Å². The normalized spacial score (nSPS) is 33.4. The number of aromatic nitrogens is 2. The van der Waals surface area contributed by atoms with Gasteiger partial charge in [-0.05, 0) is 42.9 Å². The molecule has 116 valence electrons. The van der Waals surface area contributed by atoms with Gasteiger partial charge in [-0.2, -0.15) is 0 Å². The number of hydrogen-bond acceptors (Lipinski definition) is 4. The SMILES string of the molecule is COC(=O)c1nc(C)n(C2C3(C)CCC(C3)C2(C)C)c1N. The Morgan fingerprint density at radius 1 is 1.43 bits per heavy atom. The van der Waals surface area contributed by atoms with Crippen LogP contribution in [0.3, 0.4) is 0 Å². The highest BCUT2D eigenvalue weighted by Crippen LogP contribution is 2.68. The zero-order valence-corrected chi connectivity index (χ0v) is 13.6. The highest BCUT2D eigenvalue weighted by molar-refractivity contribution is 5.92. The summed E-state index contributed by atoms with van der Waals surface area (Å²) in [7, 11) is 1.36. The van der Waals surface area contributed by atoms with E-state index in [9.17, 15) is 4.79 Å². The number of carbonyl (C=O) groups is 1. The van der Waals surface area contributed by atoms with Crippen LogP contribution in [0.5, 0.6) is 0 Å². The molecule has 21 heavy (non-hydrogen) atoms. The number of methoxy groups -OCH3 is 1. The molecule has 2 saturated carbocycles. The first kappa shape index (κ1) is 14.4. The van der Waals surface area contributed by atoms with Crippen molar-refractivity contribution in [3.63, 3.8) is 0 Å². The number of nitrogen functional groups attached to an aromatic ring is 1. The maximum Gasteiger partial charge on any atom is 0.360 e. The van der Waals surface area contributed by atoms with Crippen molar-refractivity contribution in [2.24, 2.45) is 16.7 Å². The topological polar surface area (TPSA) is 70.1 Å². The first-order valence-corrected chi connectivity index (χ1v) is 7.65. The third-order valence-electron chi connectivity index (χ3n) is 5.96. The number of fused-ring (bicyclic) bond motifs is 2. The molecule has 2 aliphatic carbocycles. The number of nitrogens with zero attached hydrogens (tertiary/aromatic N) is 2. The van der Waals surface area contributed by atoms with Gasteiger partial charge in [-0.25, -0.2) is 9.78 Å². The van der Waals surface area contributed by atoms with Gasteiger partial charge in [0, 0.05) is 6.04 Å². The van der Waals surface area contributed by atoms with Crippen LogP contribution in [0.25, 0.3) is 0 Å². The van der Waals surface area contributed by atoms with E-state index in [-0.39, 0.29) is 22.6 Å². The Labute approximate surface area is 125 Å². The van der Waals surface area contributed by atoms with E-state index >= 15 is 0 Å². The van der Waals surface area contributed by atoms with Crippen molar-refractivity contribution < 1.29 is 9.53 Å². The minimum atomic E-state index is -0.458. The number of esters is 1. The van der Waals surface area contributed by atoms with Crippen molar-refractivity contribution in [3.8, 4) is 0 Å². The summed E-state index contributed by atoms with van der Waals surface area (Å²) in [6.07, 6.45) is 3.74. The van der Waals surface area contributed by atoms with Gasteiger partial charge in [0.1, 0.15) is 11.6 Å². The van der Waals surface area contributed by atoms with E-state index in [2.05, 4.69) is 30.3 Å². The minimum Gasteiger partial charge on any atom is -0.464 e. The van der Waals surface area contributed by atoms with Crippen molar-refractivity contribution in [3.05, 3.63) is 11.5 Å². The highest BCUT2D eigenvalue weighted by atomic mass is 16.5. The Balaban J connectivity index is 2.13. The molecule has 3 atom stereocenters. The van der Waals surface area contributed by atoms with Gasteiger partial charge in [0.15, 0.2) is 5.69 Å². The molecule has 1 aromatic rings. The lowest BCUT2D eigenvalue weighted by Crippen LogP contribution is -2.38.